The first-order valence-corrected chi connectivity index (χ1v) is 10.5. The van der Waals surface area contributed by atoms with E-state index in [0.717, 1.165) is 23.1 Å². The number of hydrogen-bond acceptors (Lipinski definition) is 4. The van der Waals surface area contributed by atoms with Gasteiger partial charge in [-0.1, -0.05) is 49.2 Å². The van der Waals surface area contributed by atoms with E-state index in [-0.39, 0.29) is 17.6 Å². The molecular formula is C26H21NO4. The van der Waals surface area contributed by atoms with Crippen molar-refractivity contribution in [2.45, 2.75) is 25.7 Å². The second kappa shape index (κ2) is 7.84. The number of carbonyl (C=O) groups is 3. The molecule has 0 aromatic heterocycles. The zero-order chi connectivity index (χ0) is 21.4. The molecule has 0 N–H and O–H groups in total. The van der Waals surface area contributed by atoms with Crippen LogP contribution in [0.3, 0.4) is 0 Å². The first-order valence-electron chi connectivity index (χ1n) is 10.5. The Labute approximate surface area is 179 Å². The summed E-state index contributed by atoms with van der Waals surface area (Å²) >= 11 is 0. The number of carbonyl (C=O) groups excluding carboxylic acids is 3. The van der Waals surface area contributed by atoms with Crippen molar-refractivity contribution in [3.63, 3.8) is 0 Å². The van der Waals surface area contributed by atoms with E-state index >= 15 is 0 Å². The fraction of sp³-hybridized carbons (Fsp3) is 0.192. The van der Waals surface area contributed by atoms with Gasteiger partial charge in [0.2, 0.25) is 0 Å². The third-order valence-corrected chi connectivity index (χ3v) is 5.97. The second-order valence-corrected chi connectivity index (χ2v) is 7.98. The molecule has 5 nitrogen and oxygen atoms in total. The molecule has 31 heavy (non-hydrogen) atoms. The van der Waals surface area contributed by atoms with E-state index in [1.165, 1.54) is 18.9 Å². The van der Waals surface area contributed by atoms with Crippen molar-refractivity contribution in [3.8, 4) is 5.75 Å². The highest BCUT2D eigenvalue weighted by molar-refractivity contribution is 6.35. The van der Waals surface area contributed by atoms with Gasteiger partial charge in [0.05, 0.1) is 5.69 Å². The number of hydrogen-bond donors (Lipinski definition) is 0. The lowest BCUT2D eigenvalue weighted by Gasteiger charge is -2.27. The summed E-state index contributed by atoms with van der Waals surface area (Å²) in [6.45, 7) is 0. The van der Waals surface area contributed by atoms with Gasteiger partial charge < -0.3 is 4.74 Å². The molecule has 0 radical (unpaired) electrons. The number of ether oxygens (including phenoxy) is 1. The Kier molecular flexibility index (Phi) is 4.86. The molecule has 0 spiro atoms. The van der Waals surface area contributed by atoms with Crippen molar-refractivity contribution in [3.05, 3.63) is 83.9 Å². The van der Waals surface area contributed by atoms with E-state index in [0.29, 0.717) is 28.1 Å². The minimum Gasteiger partial charge on any atom is -0.423 e. The third kappa shape index (κ3) is 3.52. The maximum atomic E-state index is 13.2. The van der Waals surface area contributed by atoms with Crippen LogP contribution in [0.5, 0.6) is 5.75 Å². The lowest BCUT2D eigenvalue weighted by atomic mass is 9.94. The summed E-state index contributed by atoms with van der Waals surface area (Å²) in [6, 6.07) is 17.4. The van der Waals surface area contributed by atoms with Crippen molar-refractivity contribution < 1.29 is 19.1 Å². The molecule has 1 heterocycles. The van der Waals surface area contributed by atoms with Gasteiger partial charge in [-0.05, 0) is 48.4 Å². The Morgan fingerprint density at radius 1 is 0.903 bits per heavy atom. The molecule has 2 aliphatic rings. The molecule has 3 aromatic carbocycles. The van der Waals surface area contributed by atoms with E-state index in [1.807, 2.05) is 30.3 Å². The minimum atomic E-state index is -0.463. The van der Waals surface area contributed by atoms with Gasteiger partial charge in [0.1, 0.15) is 5.75 Å². The van der Waals surface area contributed by atoms with Crippen LogP contribution in [0, 0.1) is 5.92 Å². The monoisotopic (exact) mass is 411 g/mol. The number of anilines is 1. The molecule has 0 bridgehead atoms. The summed E-state index contributed by atoms with van der Waals surface area (Å²) in [7, 11) is 0. The molecule has 1 fully saturated rings. The van der Waals surface area contributed by atoms with E-state index in [1.54, 1.807) is 36.4 Å². The summed E-state index contributed by atoms with van der Waals surface area (Å²) in [5.74, 6) is -0.519. The van der Waals surface area contributed by atoms with Gasteiger partial charge in [-0.25, -0.2) is 9.69 Å². The summed E-state index contributed by atoms with van der Waals surface area (Å²) < 4.78 is 5.43. The molecule has 154 valence electrons. The molecule has 2 amide bonds. The molecule has 0 atom stereocenters. The smallest absolute Gasteiger partial charge is 0.335 e. The van der Waals surface area contributed by atoms with Crippen LogP contribution in [0.15, 0.2) is 72.8 Å². The number of esters is 1. The lowest BCUT2D eigenvalue weighted by Crippen LogP contribution is -2.40. The molecule has 5 heteroatoms. The fourth-order valence-electron chi connectivity index (χ4n) is 4.47. The third-order valence-electron chi connectivity index (χ3n) is 5.97. The van der Waals surface area contributed by atoms with Gasteiger partial charge >= 0.3 is 5.97 Å². The van der Waals surface area contributed by atoms with Crippen LogP contribution in [0.1, 0.15) is 46.4 Å². The highest BCUT2D eigenvalue weighted by Gasteiger charge is 2.34. The van der Waals surface area contributed by atoms with Crippen molar-refractivity contribution in [2.24, 2.45) is 5.92 Å². The number of benzene rings is 3. The first kappa shape index (κ1) is 19.2. The van der Waals surface area contributed by atoms with Crippen LogP contribution in [0.2, 0.25) is 0 Å². The lowest BCUT2D eigenvalue weighted by molar-refractivity contribution is -0.129. The Hall–Kier alpha value is -3.73. The molecular weight excluding hydrogens is 390 g/mol. The number of nitrogens with zero attached hydrogens (tertiary/aromatic N) is 1. The molecule has 1 aliphatic carbocycles. The van der Waals surface area contributed by atoms with Crippen LogP contribution in [0.25, 0.3) is 10.8 Å². The number of amides is 2. The van der Waals surface area contributed by atoms with Crippen molar-refractivity contribution in [2.75, 3.05) is 4.90 Å². The average Bonchev–Trinajstić information content (AvgIpc) is 3.30. The Morgan fingerprint density at radius 3 is 2.23 bits per heavy atom. The van der Waals surface area contributed by atoms with Crippen molar-refractivity contribution in [1.82, 2.24) is 0 Å². The van der Waals surface area contributed by atoms with Gasteiger partial charge in [0.15, 0.2) is 0 Å². The highest BCUT2D eigenvalue weighted by atomic mass is 16.5. The molecule has 5 rings (SSSR count). The normalized spacial score (nSPS) is 16.5. The van der Waals surface area contributed by atoms with Crippen LogP contribution < -0.4 is 9.64 Å². The molecule has 1 saturated carbocycles. The fourth-order valence-corrected chi connectivity index (χ4v) is 4.47. The van der Waals surface area contributed by atoms with Crippen molar-refractivity contribution >= 4 is 34.2 Å². The van der Waals surface area contributed by atoms with Crippen LogP contribution >= 0.6 is 0 Å². The van der Waals surface area contributed by atoms with Gasteiger partial charge in [-0.15, -0.1) is 0 Å². The highest BCUT2D eigenvalue weighted by Crippen LogP contribution is 2.34. The molecule has 0 unspecified atom stereocenters. The summed E-state index contributed by atoms with van der Waals surface area (Å²) in [5.41, 5.74) is 1.33. The van der Waals surface area contributed by atoms with Gasteiger partial charge in [0.25, 0.3) is 11.8 Å². The quantitative estimate of drug-likeness (QED) is 0.253. The molecule has 0 saturated heterocycles. The van der Waals surface area contributed by atoms with E-state index in [9.17, 15) is 14.4 Å². The van der Waals surface area contributed by atoms with Gasteiger partial charge in [-0.3, -0.25) is 9.59 Å². The second-order valence-electron chi connectivity index (χ2n) is 7.98. The maximum Gasteiger partial charge on any atom is 0.335 e. The Bertz CT molecular complexity index is 1190. The maximum absolute atomic E-state index is 13.2. The zero-order valence-electron chi connectivity index (χ0n) is 16.9. The van der Waals surface area contributed by atoms with Crippen LogP contribution in [0.4, 0.5) is 5.69 Å². The molecule has 3 aromatic rings. The van der Waals surface area contributed by atoms with E-state index < -0.39 is 5.97 Å². The standard InChI is InChI=1S/C26H21NO4/c28-23(15-14-17-6-1-2-7-17)31-20-11-5-10-19(16-20)27-25(29)21-12-3-8-18-9-4-13-22(24(18)21)26(27)30/h3-5,8-17H,1-2,6-7H2. The molecule has 1 aliphatic heterocycles. The minimum absolute atomic E-state index is 0.288. The van der Waals surface area contributed by atoms with Crippen LogP contribution in [-0.4, -0.2) is 17.8 Å². The Morgan fingerprint density at radius 2 is 1.55 bits per heavy atom. The van der Waals surface area contributed by atoms with Gasteiger partial charge in [-0.2, -0.15) is 0 Å². The Balaban J connectivity index is 1.42. The van der Waals surface area contributed by atoms with E-state index in [4.69, 9.17) is 4.74 Å². The number of allylic oxidation sites excluding steroid dienone is 1. The SMILES string of the molecule is O=C(C=CC1CCCC1)Oc1cccc(N2C(=O)c3cccc4cccc(c34)C2=O)c1. The van der Waals surface area contributed by atoms with E-state index in [2.05, 4.69) is 0 Å². The summed E-state index contributed by atoms with van der Waals surface area (Å²) in [6.07, 6.45) is 7.98. The largest absolute Gasteiger partial charge is 0.423 e. The predicted octanol–water partition coefficient (Wildman–Crippen LogP) is 5.29. The summed E-state index contributed by atoms with van der Waals surface area (Å²) in [5, 5.41) is 1.53. The number of imide groups is 1. The first-order chi connectivity index (χ1) is 15.1. The van der Waals surface area contributed by atoms with Crippen LogP contribution in [-0.2, 0) is 4.79 Å². The summed E-state index contributed by atoms with van der Waals surface area (Å²) in [4.78, 5) is 39.7. The average molecular weight is 411 g/mol. The topological polar surface area (TPSA) is 63.7 Å². The zero-order valence-corrected chi connectivity index (χ0v) is 16.9. The van der Waals surface area contributed by atoms with Gasteiger partial charge in [0, 0.05) is 28.7 Å². The predicted molar refractivity (Wildman–Crippen MR) is 118 cm³/mol. The number of rotatable bonds is 4. The van der Waals surface area contributed by atoms with Crippen molar-refractivity contribution in [1.29, 1.82) is 0 Å².